The highest BCUT2D eigenvalue weighted by Crippen LogP contribution is 2.20. The van der Waals surface area contributed by atoms with Gasteiger partial charge in [0.15, 0.2) is 11.6 Å². The van der Waals surface area contributed by atoms with Crippen LogP contribution in [0.15, 0.2) is 12.3 Å². The quantitative estimate of drug-likeness (QED) is 0.743. The predicted octanol–water partition coefficient (Wildman–Crippen LogP) is 1.15. The maximum atomic E-state index is 13.5. The molecule has 1 aromatic heterocycles. The van der Waals surface area contributed by atoms with Crippen molar-refractivity contribution in [3.8, 4) is 0 Å². The average molecular weight is 244 g/mol. The molecule has 16 heavy (non-hydrogen) atoms. The molecule has 1 aromatic rings. The van der Waals surface area contributed by atoms with Crippen LogP contribution >= 0.6 is 11.6 Å². The fourth-order valence-electron chi connectivity index (χ4n) is 1.58. The number of pyridine rings is 1. The topological polar surface area (TPSA) is 36.4 Å². The van der Waals surface area contributed by atoms with Crippen LogP contribution in [0, 0.1) is 5.82 Å². The number of likely N-dealkylation sites (N-methyl/N-ethyl adjacent to an activating group) is 1. The number of piperazine rings is 1. The van der Waals surface area contributed by atoms with Crippen LogP contribution in [-0.4, -0.2) is 42.5 Å². The van der Waals surface area contributed by atoms with E-state index < -0.39 is 5.82 Å². The van der Waals surface area contributed by atoms with Crippen molar-refractivity contribution < 1.29 is 9.18 Å². The van der Waals surface area contributed by atoms with E-state index in [9.17, 15) is 9.18 Å². The summed E-state index contributed by atoms with van der Waals surface area (Å²) in [5.41, 5.74) is 0. The first kappa shape index (κ1) is 11.1. The SMILES string of the molecule is CN1CCN(c2ncc(Cl)cc2F)CC1=O. The number of halogens is 2. The first-order valence-electron chi connectivity index (χ1n) is 4.88. The minimum Gasteiger partial charge on any atom is -0.343 e. The van der Waals surface area contributed by atoms with Crippen LogP contribution in [-0.2, 0) is 4.79 Å². The van der Waals surface area contributed by atoms with Gasteiger partial charge < -0.3 is 9.80 Å². The molecule has 2 heterocycles. The largest absolute Gasteiger partial charge is 0.343 e. The maximum absolute atomic E-state index is 13.5. The highest BCUT2D eigenvalue weighted by molar-refractivity contribution is 6.30. The molecule has 6 heteroatoms. The van der Waals surface area contributed by atoms with E-state index in [0.29, 0.717) is 13.1 Å². The van der Waals surface area contributed by atoms with Gasteiger partial charge in [0.2, 0.25) is 5.91 Å². The van der Waals surface area contributed by atoms with Gasteiger partial charge in [-0.1, -0.05) is 11.6 Å². The fraction of sp³-hybridized carbons (Fsp3) is 0.400. The summed E-state index contributed by atoms with van der Waals surface area (Å²) in [7, 11) is 1.73. The molecule has 1 amide bonds. The van der Waals surface area contributed by atoms with Gasteiger partial charge in [-0.05, 0) is 6.07 Å². The Morgan fingerprint density at radius 2 is 2.25 bits per heavy atom. The zero-order valence-corrected chi connectivity index (χ0v) is 9.54. The zero-order valence-electron chi connectivity index (χ0n) is 8.78. The number of carbonyl (C=O) groups is 1. The second kappa shape index (κ2) is 4.25. The lowest BCUT2D eigenvalue weighted by molar-refractivity contribution is -0.129. The molecule has 2 rings (SSSR count). The van der Waals surface area contributed by atoms with Crippen LogP contribution in [0.2, 0.25) is 5.02 Å². The molecule has 0 spiro atoms. The Kier molecular flexibility index (Phi) is 2.96. The number of aromatic nitrogens is 1. The van der Waals surface area contributed by atoms with Gasteiger partial charge in [0.05, 0.1) is 11.6 Å². The summed E-state index contributed by atoms with van der Waals surface area (Å²) in [6, 6.07) is 1.20. The van der Waals surface area contributed by atoms with E-state index in [-0.39, 0.29) is 23.3 Å². The van der Waals surface area contributed by atoms with Crippen molar-refractivity contribution >= 4 is 23.3 Å². The third-order valence-corrected chi connectivity index (χ3v) is 2.75. The molecule has 0 N–H and O–H groups in total. The number of hydrogen-bond donors (Lipinski definition) is 0. The Morgan fingerprint density at radius 3 is 2.88 bits per heavy atom. The van der Waals surface area contributed by atoms with Crippen LogP contribution in [0.4, 0.5) is 10.2 Å². The summed E-state index contributed by atoms with van der Waals surface area (Å²) in [5.74, 6) is -0.349. The Labute approximate surface area is 97.6 Å². The second-order valence-electron chi connectivity index (χ2n) is 3.70. The average Bonchev–Trinajstić information content (AvgIpc) is 2.22. The Bertz CT molecular complexity index is 427. The van der Waals surface area contributed by atoms with Crippen LogP contribution in [0.1, 0.15) is 0 Å². The van der Waals surface area contributed by atoms with Gasteiger partial charge in [0.25, 0.3) is 0 Å². The summed E-state index contributed by atoms with van der Waals surface area (Å²) < 4.78 is 13.5. The molecule has 1 fully saturated rings. The Morgan fingerprint density at radius 1 is 1.50 bits per heavy atom. The van der Waals surface area contributed by atoms with E-state index in [4.69, 9.17) is 11.6 Å². The first-order valence-corrected chi connectivity index (χ1v) is 5.25. The second-order valence-corrected chi connectivity index (χ2v) is 4.13. The molecule has 1 aliphatic rings. The number of nitrogens with zero attached hydrogens (tertiary/aromatic N) is 3. The monoisotopic (exact) mass is 243 g/mol. The number of rotatable bonds is 1. The van der Waals surface area contributed by atoms with Crippen LogP contribution in [0.3, 0.4) is 0 Å². The predicted molar refractivity (Wildman–Crippen MR) is 59.1 cm³/mol. The van der Waals surface area contributed by atoms with Gasteiger partial charge in [-0.25, -0.2) is 9.37 Å². The molecule has 0 unspecified atom stereocenters. The van der Waals surface area contributed by atoms with Crippen molar-refractivity contribution in [3.05, 3.63) is 23.1 Å². The van der Waals surface area contributed by atoms with Gasteiger partial charge in [-0.15, -0.1) is 0 Å². The van der Waals surface area contributed by atoms with E-state index in [1.54, 1.807) is 16.8 Å². The summed E-state index contributed by atoms with van der Waals surface area (Å²) in [5, 5.41) is 0.252. The third-order valence-electron chi connectivity index (χ3n) is 2.55. The number of carbonyl (C=O) groups excluding carboxylic acids is 1. The lowest BCUT2D eigenvalue weighted by Gasteiger charge is -2.32. The van der Waals surface area contributed by atoms with E-state index in [0.717, 1.165) is 0 Å². The lowest BCUT2D eigenvalue weighted by Crippen LogP contribution is -2.49. The van der Waals surface area contributed by atoms with E-state index in [1.807, 2.05) is 0 Å². The maximum Gasteiger partial charge on any atom is 0.241 e. The molecule has 0 atom stereocenters. The molecule has 0 bridgehead atoms. The molecule has 0 aliphatic carbocycles. The zero-order chi connectivity index (χ0) is 11.7. The third kappa shape index (κ3) is 2.09. The van der Waals surface area contributed by atoms with Gasteiger partial charge in [-0.3, -0.25) is 4.79 Å². The smallest absolute Gasteiger partial charge is 0.241 e. The van der Waals surface area contributed by atoms with E-state index >= 15 is 0 Å². The molecule has 0 radical (unpaired) electrons. The van der Waals surface area contributed by atoms with Gasteiger partial charge in [-0.2, -0.15) is 0 Å². The number of anilines is 1. The summed E-state index contributed by atoms with van der Waals surface area (Å²) in [6.07, 6.45) is 1.38. The van der Waals surface area contributed by atoms with E-state index in [2.05, 4.69) is 4.98 Å². The van der Waals surface area contributed by atoms with Crippen molar-refractivity contribution in [3.63, 3.8) is 0 Å². The summed E-state index contributed by atoms with van der Waals surface area (Å²) in [6.45, 7) is 1.30. The minimum absolute atomic E-state index is 0.0394. The highest BCUT2D eigenvalue weighted by Gasteiger charge is 2.23. The standard InChI is InChI=1S/C10H11ClFN3O/c1-14-2-3-15(6-9(14)16)10-8(12)4-7(11)5-13-10/h4-5H,2-3,6H2,1H3. The fourth-order valence-corrected chi connectivity index (χ4v) is 1.72. The van der Waals surface area contributed by atoms with Crippen LogP contribution in [0.5, 0.6) is 0 Å². The summed E-state index contributed by atoms with van der Waals surface area (Å²) in [4.78, 5) is 18.6. The molecular formula is C10H11ClFN3O. The molecule has 1 saturated heterocycles. The molecule has 4 nitrogen and oxygen atoms in total. The van der Waals surface area contributed by atoms with Gasteiger partial charge in [0, 0.05) is 26.3 Å². The van der Waals surface area contributed by atoms with E-state index in [1.165, 1.54) is 12.3 Å². The van der Waals surface area contributed by atoms with Crippen LogP contribution < -0.4 is 4.90 Å². The molecule has 1 aliphatic heterocycles. The summed E-state index contributed by atoms with van der Waals surface area (Å²) >= 11 is 5.61. The first-order chi connectivity index (χ1) is 7.58. The molecule has 0 aromatic carbocycles. The lowest BCUT2D eigenvalue weighted by atomic mass is 10.3. The van der Waals surface area contributed by atoms with Crippen LogP contribution in [0.25, 0.3) is 0 Å². The minimum atomic E-state index is -0.496. The molecule has 0 saturated carbocycles. The van der Waals surface area contributed by atoms with Gasteiger partial charge >= 0.3 is 0 Å². The van der Waals surface area contributed by atoms with Crippen molar-refractivity contribution in [2.24, 2.45) is 0 Å². The molecular weight excluding hydrogens is 233 g/mol. The van der Waals surface area contributed by atoms with Crippen molar-refractivity contribution in [1.29, 1.82) is 0 Å². The number of hydrogen-bond acceptors (Lipinski definition) is 3. The number of amides is 1. The Hall–Kier alpha value is -1.36. The van der Waals surface area contributed by atoms with Gasteiger partial charge in [0.1, 0.15) is 0 Å². The normalized spacial score (nSPS) is 16.8. The molecule has 86 valence electrons. The van der Waals surface area contributed by atoms with Crippen molar-refractivity contribution in [2.75, 3.05) is 31.6 Å². The van der Waals surface area contributed by atoms with Crippen molar-refractivity contribution in [2.45, 2.75) is 0 Å². The Balaban J connectivity index is 2.22. The van der Waals surface area contributed by atoms with Crippen molar-refractivity contribution in [1.82, 2.24) is 9.88 Å². The highest BCUT2D eigenvalue weighted by atomic mass is 35.5.